The SMILES string of the molecule is CC(C)(C)P([B]C1C(c2ccccc2)C1c1ccccc1)C(C)(C)C. The summed E-state index contributed by atoms with van der Waals surface area (Å²) in [4.78, 5) is 0. The molecule has 0 saturated heterocycles. The molecule has 0 aliphatic heterocycles. The molecule has 0 heterocycles. The molecule has 1 aliphatic rings. The molecule has 1 radical (unpaired) electrons. The van der Waals surface area contributed by atoms with Gasteiger partial charge in [-0.05, 0) is 39.1 Å². The molecule has 3 rings (SSSR count). The Morgan fingerprint density at radius 1 is 0.640 bits per heavy atom. The van der Waals surface area contributed by atoms with Crippen LogP contribution in [0.3, 0.4) is 0 Å². The summed E-state index contributed by atoms with van der Waals surface area (Å²) in [5, 5.41) is 0.692. The van der Waals surface area contributed by atoms with Gasteiger partial charge in [-0.25, -0.2) is 0 Å². The second kappa shape index (κ2) is 6.92. The third kappa shape index (κ3) is 4.20. The first-order valence-corrected chi connectivity index (χ1v) is 10.8. The van der Waals surface area contributed by atoms with Gasteiger partial charge in [-0.15, -0.1) is 7.80 Å². The Morgan fingerprint density at radius 3 is 1.32 bits per heavy atom. The third-order valence-corrected chi connectivity index (χ3v) is 8.74. The largest absolute Gasteiger partial charge is 0.152 e. The van der Waals surface area contributed by atoms with Gasteiger partial charge in [-0.2, -0.15) is 0 Å². The molecular formula is C23H31BP. The minimum atomic E-state index is -0.179. The van der Waals surface area contributed by atoms with Gasteiger partial charge in [0.1, 0.15) is 0 Å². The quantitative estimate of drug-likeness (QED) is 0.410. The normalized spacial score (nSPS) is 23.6. The molecular weight excluding hydrogens is 318 g/mol. The van der Waals surface area contributed by atoms with Gasteiger partial charge in [0.25, 0.3) is 0 Å². The van der Waals surface area contributed by atoms with Gasteiger partial charge >= 0.3 is 0 Å². The molecule has 25 heavy (non-hydrogen) atoms. The highest BCUT2D eigenvalue weighted by Crippen LogP contribution is 2.71. The molecule has 0 nitrogen and oxygen atoms in total. The molecule has 2 aromatic rings. The molecule has 0 aromatic heterocycles. The zero-order valence-corrected chi connectivity index (χ0v) is 17.4. The molecule has 0 spiro atoms. The lowest BCUT2D eigenvalue weighted by Gasteiger charge is -2.42. The smallest absolute Gasteiger partial charge is 0.137 e. The first kappa shape index (κ1) is 18.7. The minimum absolute atomic E-state index is 0.179. The Kier molecular flexibility index (Phi) is 5.18. The number of rotatable bonds is 4. The van der Waals surface area contributed by atoms with Gasteiger partial charge in [0.2, 0.25) is 0 Å². The zero-order valence-electron chi connectivity index (χ0n) is 16.5. The van der Waals surface area contributed by atoms with Crippen LogP contribution >= 0.6 is 7.80 Å². The maximum absolute atomic E-state index is 2.75. The standard InChI is InChI=1S/C23H31BP/c1-22(2,3)25(23(4,5)6)24-21-19(17-13-9-7-10-14-17)20(21)18-15-11-8-12-16-18/h7-16,19-21H,1-6H3. The van der Waals surface area contributed by atoms with E-state index in [1.54, 1.807) is 0 Å². The highest BCUT2D eigenvalue weighted by atomic mass is 31.1. The minimum Gasteiger partial charge on any atom is -0.137 e. The third-order valence-electron chi connectivity index (χ3n) is 5.21. The second-order valence-electron chi connectivity index (χ2n) is 9.31. The van der Waals surface area contributed by atoms with Crippen molar-refractivity contribution in [2.24, 2.45) is 0 Å². The first-order chi connectivity index (χ1) is 11.7. The fourth-order valence-electron chi connectivity index (χ4n) is 4.36. The second-order valence-corrected chi connectivity index (χ2v) is 13.0. The number of benzene rings is 2. The van der Waals surface area contributed by atoms with Crippen LogP contribution in [-0.4, -0.2) is 17.3 Å². The summed E-state index contributed by atoms with van der Waals surface area (Å²) < 4.78 is 0. The molecule has 0 amide bonds. The molecule has 131 valence electrons. The van der Waals surface area contributed by atoms with Gasteiger partial charge in [0.15, 0.2) is 7.00 Å². The first-order valence-electron chi connectivity index (χ1n) is 9.44. The Morgan fingerprint density at radius 2 is 1.00 bits per heavy atom. The topological polar surface area (TPSA) is 0 Å². The van der Waals surface area contributed by atoms with E-state index in [9.17, 15) is 0 Å². The summed E-state index contributed by atoms with van der Waals surface area (Å²) in [7, 11) is -0.179. The molecule has 1 saturated carbocycles. The molecule has 2 aromatic carbocycles. The maximum Gasteiger partial charge on any atom is 0.152 e. The summed E-state index contributed by atoms with van der Waals surface area (Å²) in [6.45, 7) is 17.2. The lowest BCUT2D eigenvalue weighted by Crippen LogP contribution is -2.28. The van der Waals surface area contributed by atoms with Crippen LogP contribution in [0.2, 0.25) is 5.82 Å². The van der Waals surface area contributed by atoms with Crippen LogP contribution in [0, 0.1) is 0 Å². The highest BCUT2D eigenvalue weighted by molar-refractivity contribution is 7.88. The van der Waals surface area contributed by atoms with E-state index in [2.05, 4.69) is 109 Å². The van der Waals surface area contributed by atoms with Crippen molar-refractivity contribution >= 4 is 14.8 Å². The van der Waals surface area contributed by atoms with Gasteiger partial charge < -0.3 is 0 Å². The maximum atomic E-state index is 2.75. The fourth-order valence-corrected chi connectivity index (χ4v) is 7.98. The van der Waals surface area contributed by atoms with E-state index in [-0.39, 0.29) is 7.80 Å². The van der Waals surface area contributed by atoms with Crippen molar-refractivity contribution in [3.8, 4) is 0 Å². The summed E-state index contributed by atoms with van der Waals surface area (Å²) >= 11 is 0. The van der Waals surface area contributed by atoms with Crippen molar-refractivity contribution in [2.75, 3.05) is 0 Å². The summed E-state index contributed by atoms with van der Waals surface area (Å²) in [5.41, 5.74) is 2.99. The van der Waals surface area contributed by atoms with Gasteiger partial charge in [-0.1, -0.05) is 102 Å². The fraction of sp³-hybridized carbons (Fsp3) is 0.478. The van der Waals surface area contributed by atoms with Gasteiger partial charge in [0.05, 0.1) is 0 Å². The van der Waals surface area contributed by atoms with E-state index in [1.165, 1.54) is 11.1 Å². The van der Waals surface area contributed by atoms with E-state index in [0.717, 1.165) is 0 Å². The lowest BCUT2D eigenvalue weighted by atomic mass is 9.93. The Balaban J connectivity index is 1.90. The van der Waals surface area contributed by atoms with Crippen LogP contribution < -0.4 is 0 Å². The van der Waals surface area contributed by atoms with Crippen LogP contribution in [0.1, 0.15) is 64.5 Å². The average molecular weight is 349 g/mol. The van der Waals surface area contributed by atoms with Crippen molar-refractivity contribution < 1.29 is 0 Å². The lowest BCUT2D eigenvalue weighted by molar-refractivity contribution is 0.718. The van der Waals surface area contributed by atoms with Gasteiger partial charge in [-0.3, -0.25) is 0 Å². The van der Waals surface area contributed by atoms with E-state index >= 15 is 0 Å². The van der Waals surface area contributed by atoms with Crippen molar-refractivity contribution in [1.29, 1.82) is 0 Å². The van der Waals surface area contributed by atoms with Crippen LogP contribution in [-0.2, 0) is 0 Å². The molecule has 1 fully saturated rings. The molecule has 2 unspecified atom stereocenters. The van der Waals surface area contributed by atoms with Crippen LogP contribution in [0.4, 0.5) is 0 Å². The summed E-state index contributed by atoms with van der Waals surface area (Å²) in [5.74, 6) is 1.94. The van der Waals surface area contributed by atoms with E-state index in [4.69, 9.17) is 0 Å². The molecule has 0 N–H and O–H groups in total. The van der Waals surface area contributed by atoms with Gasteiger partial charge in [0, 0.05) is 0 Å². The predicted octanol–water partition coefficient (Wildman–Crippen LogP) is 7.05. The zero-order chi connectivity index (χ0) is 18.2. The van der Waals surface area contributed by atoms with Crippen LogP contribution in [0.5, 0.6) is 0 Å². The number of hydrogen-bond acceptors (Lipinski definition) is 0. The summed E-state index contributed by atoms with van der Waals surface area (Å²) in [6, 6.07) is 22.2. The highest BCUT2D eigenvalue weighted by Gasteiger charge is 2.54. The monoisotopic (exact) mass is 349 g/mol. The Hall–Kier alpha value is -1.07. The molecule has 1 aliphatic carbocycles. The number of hydrogen-bond donors (Lipinski definition) is 0. The van der Waals surface area contributed by atoms with Crippen molar-refractivity contribution in [3.63, 3.8) is 0 Å². The van der Waals surface area contributed by atoms with Crippen LogP contribution in [0.25, 0.3) is 0 Å². The van der Waals surface area contributed by atoms with Crippen molar-refractivity contribution in [2.45, 2.75) is 69.5 Å². The Bertz CT molecular complexity index is 622. The van der Waals surface area contributed by atoms with Crippen molar-refractivity contribution in [1.82, 2.24) is 0 Å². The van der Waals surface area contributed by atoms with E-state index in [1.807, 2.05) is 0 Å². The molecule has 2 atom stereocenters. The average Bonchev–Trinajstić information content (AvgIpc) is 3.26. The Labute approximate surface area is 156 Å². The predicted molar refractivity (Wildman–Crippen MR) is 114 cm³/mol. The summed E-state index contributed by atoms with van der Waals surface area (Å²) in [6.07, 6.45) is 0. The molecule has 0 bridgehead atoms. The van der Waals surface area contributed by atoms with Crippen LogP contribution in [0.15, 0.2) is 60.7 Å². The van der Waals surface area contributed by atoms with Crippen molar-refractivity contribution in [3.05, 3.63) is 71.8 Å². The van der Waals surface area contributed by atoms with E-state index < -0.39 is 0 Å². The molecule has 2 heteroatoms. The van der Waals surface area contributed by atoms with E-state index in [0.29, 0.717) is 28.0 Å².